The average molecular weight is 412 g/mol. The number of fused-ring (bicyclic) bond motifs is 1. The highest BCUT2D eigenvalue weighted by Gasteiger charge is 2.40. The first-order chi connectivity index (χ1) is 14.4. The van der Waals surface area contributed by atoms with E-state index >= 15 is 0 Å². The van der Waals surface area contributed by atoms with Crippen molar-refractivity contribution in [2.45, 2.75) is 38.0 Å². The molecule has 4 rings (SSSR count). The molecule has 0 radical (unpaired) electrons. The van der Waals surface area contributed by atoms with Gasteiger partial charge in [-0.3, -0.25) is 4.90 Å². The van der Waals surface area contributed by atoms with Gasteiger partial charge < -0.3 is 25.9 Å². The maximum Gasteiger partial charge on any atom is 0.165 e. The number of anilines is 1. The number of likely N-dealkylation sites (tertiary alicyclic amines) is 1. The number of piperidine rings is 1. The number of hydrogen-bond donors (Lipinski definition) is 3. The van der Waals surface area contributed by atoms with Crippen molar-refractivity contribution >= 4 is 17.0 Å². The average Bonchev–Trinajstić information content (AvgIpc) is 3.15. The Kier molecular flexibility index (Phi) is 5.59. The molecule has 160 valence electrons. The van der Waals surface area contributed by atoms with Crippen LogP contribution in [0.5, 0.6) is 5.75 Å². The number of aromatic nitrogens is 4. The van der Waals surface area contributed by atoms with Crippen LogP contribution in [0.1, 0.15) is 30.5 Å². The minimum atomic E-state index is -0.894. The first-order valence-electron chi connectivity index (χ1n) is 10.2. The Morgan fingerprint density at radius 2 is 2.13 bits per heavy atom. The summed E-state index contributed by atoms with van der Waals surface area (Å²) in [5, 5.41) is 11.1. The fourth-order valence-corrected chi connectivity index (χ4v) is 4.23. The van der Waals surface area contributed by atoms with E-state index in [9.17, 15) is 5.11 Å². The summed E-state index contributed by atoms with van der Waals surface area (Å²) < 4.78 is 7.50. The number of hydrogen-bond acceptors (Lipinski definition) is 8. The third-order valence-electron chi connectivity index (χ3n) is 5.98. The van der Waals surface area contributed by atoms with Crippen LogP contribution in [0.4, 0.5) is 5.82 Å². The highest BCUT2D eigenvalue weighted by molar-refractivity contribution is 5.81. The SMILES string of the molecule is COc1ccc(CCN)cc1CN1CC[C@@](C)(O)[C@H](n2cnc3c(N)ncnc32)C1. The molecule has 0 aliphatic carbocycles. The standard InChI is InChI=1S/C21H29N7O2/c1-21(29)6-8-27(10-15-9-14(5-7-22)3-4-16(15)30-2)11-17(21)28-13-26-18-19(23)24-12-25-20(18)28/h3-4,9,12-13,17,29H,5-8,10-11,22H2,1-2H3,(H2,23,24,25)/t17-,21-/m1/s1. The van der Waals surface area contributed by atoms with Crippen LogP contribution in [0, 0.1) is 0 Å². The van der Waals surface area contributed by atoms with Gasteiger partial charge in [-0.2, -0.15) is 0 Å². The Morgan fingerprint density at radius 3 is 2.90 bits per heavy atom. The third-order valence-corrected chi connectivity index (χ3v) is 5.98. The van der Waals surface area contributed by atoms with Crippen molar-refractivity contribution in [2.75, 3.05) is 32.5 Å². The highest BCUT2D eigenvalue weighted by Crippen LogP contribution is 2.35. The molecule has 0 unspecified atom stereocenters. The monoisotopic (exact) mass is 411 g/mol. The van der Waals surface area contributed by atoms with Crippen molar-refractivity contribution in [2.24, 2.45) is 5.73 Å². The fourth-order valence-electron chi connectivity index (χ4n) is 4.23. The summed E-state index contributed by atoms with van der Waals surface area (Å²) in [6.07, 6.45) is 4.58. The van der Waals surface area contributed by atoms with Crippen LogP contribution in [0.25, 0.3) is 11.2 Å². The molecule has 0 saturated carbocycles. The number of ether oxygens (including phenoxy) is 1. The lowest BCUT2D eigenvalue weighted by atomic mass is 9.88. The summed E-state index contributed by atoms with van der Waals surface area (Å²) in [7, 11) is 1.69. The molecule has 2 atom stereocenters. The van der Waals surface area contributed by atoms with Gasteiger partial charge in [0.05, 0.1) is 25.1 Å². The van der Waals surface area contributed by atoms with Gasteiger partial charge in [-0.05, 0) is 37.9 Å². The Bertz CT molecular complexity index is 1030. The Labute approximate surface area is 175 Å². The number of rotatable bonds is 6. The molecule has 0 spiro atoms. The number of nitrogen functional groups attached to an aromatic ring is 1. The van der Waals surface area contributed by atoms with Gasteiger partial charge in [0.15, 0.2) is 11.5 Å². The molecule has 0 bridgehead atoms. The number of methoxy groups -OCH3 is 1. The van der Waals surface area contributed by atoms with Gasteiger partial charge in [0, 0.05) is 25.2 Å². The zero-order valence-electron chi connectivity index (χ0n) is 17.5. The van der Waals surface area contributed by atoms with Crippen molar-refractivity contribution in [1.29, 1.82) is 0 Å². The van der Waals surface area contributed by atoms with E-state index in [1.54, 1.807) is 13.4 Å². The lowest BCUT2D eigenvalue weighted by Crippen LogP contribution is -2.50. The molecule has 3 heterocycles. The molecule has 5 N–H and O–H groups in total. The molecule has 1 aliphatic heterocycles. The molecule has 0 amide bonds. The van der Waals surface area contributed by atoms with Crippen molar-refractivity contribution in [3.05, 3.63) is 42.0 Å². The topological polar surface area (TPSA) is 128 Å². The summed E-state index contributed by atoms with van der Waals surface area (Å²) in [4.78, 5) is 15.1. The first-order valence-corrected chi connectivity index (χ1v) is 10.2. The fraction of sp³-hybridized carbons (Fsp3) is 0.476. The van der Waals surface area contributed by atoms with E-state index in [1.165, 1.54) is 11.9 Å². The highest BCUT2D eigenvalue weighted by atomic mass is 16.5. The van der Waals surface area contributed by atoms with E-state index in [2.05, 4.69) is 32.0 Å². The van der Waals surface area contributed by atoms with Crippen molar-refractivity contribution in [1.82, 2.24) is 24.4 Å². The zero-order chi connectivity index (χ0) is 21.3. The van der Waals surface area contributed by atoms with Crippen LogP contribution in [-0.2, 0) is 13.0 Å². The second kappa shape index (κ2) is 8.17. The Morgan fingerprint density at radius 1 is 1.30 bits per heavy atom. The maximum atomic E-state index is 11.1. The van der Waals surface area contributed by atoms with Gasteiger partial charge in [-0.25, -0.2) is 15.0 Å². The van der Waals surface area contributed by atoms with E-state index in [4.69, 9.17) is 16.2 Å². The maximum absolute atomic E-state index is 11.1. The Hall–Kier alpha value is -2.75. The molecular weight excluding hydrogens is 382 g/mol. The van der Waals surface area contributed by atoms with Crippen molar-refractivity contribution in [3.63, 3.8) is 0 Å². The van der Waals surface area contributed by atoms with E-state index in [0.717, 1.165) is 30.8 Å². The molecule has 1 aromatic carbocycles. The smallest absolute Gasteiger partial charge is 0.165 e. The van der Waals surface area contributed by atoms with Gasteiger partial charge in [-0.15, -0.1) is 0 Å². The first kappa shape index (κ1) is 20.5. The molecule has 1 aliphatic rings. The molecule has 9 nitrogen and oxygen atoms in total. The predicted molar refractivity (Wildman–Crippen MR) is 115 cm³/mol. The van der Waals surface area contributed by atoms with E-state index in [1.807, 2.05) is 17.6 Å². The van der Waals surface area contributed by atoms with Gasteiger partial charge in [0.2, 0.25) is 0 Å². The number of imidazole rings is 1. The summed E-state index contributed by atoms with van der Waals surface area (Å²) >= 11 is 0. The number of aliphatic hydroxyl groups is 1. The summed E-state index contributed by atoms with van der Waals surface area (Å²) in [5.41, 5.74) is 14.3. The van der Waals surface area contributed by atoms with Crippen molar-refractivity contribution in [3.8, 4) is 5.75 Å². The van der Waals surface area contributed by atoms with Gasteiger partial charge in [0.1, 0.15) is 17.6 Å². The summed E-state index contributed by atoms with van der Waals surface area (Å²) in [6.45, 7) is 4.62. The van der Waals surface area contributed by atoms with Crippen LogP contribution in [0.2, 0.25) is 0 Å². The molecular formula is C21H29N7O2. The molecule has 9 heteroatoms. The quantitative estimate of drug-likeness (QED) is 0.550. The van der Waals surface area contributed by atoms with Gasteiger partial charge in [0.25, 0.3) is 0 Å². The number of nitrogens with zero attached hydrogens (tertiary/aromatic N) is 5. The van der Waals surface area contributed by atoms with Gasteiger partial charge >= 0.3 is 0 Å². The van der Waals surface area contributed by atoms with Crippen LogP contribution >= 0.6 is 0 Å². The van der Waals surface area contributed by atoms with Crippen LogP contribution < -0.4 is 16.2 Å². The van der Waals surface area contributed by atoms with Crippen LogP contribution in [-0.4, -0.2) is 61.9 Å². The van der Waals surface area contributed by atoms with Crippen LogP contribution in [0.3, 0.4) is 0 Å². The number of nitrogens with two attached hydrogens (primary N) is 2. The van der Waals surface area contributed by atoms with Crippen LogP contribution in [0.15, 0.2) is 30.9 Å². The normalized spacial score (nSPS) is 22.5. The minimum Gasteiger partial charge on any atom is -0.496 e. The molecule has 3 aromatic rings. The lowest BCUT2D eigenvalue weighted by Gasteiger charge is -2.43. The largest absolute Gasteiger partial charge is 0.496 e. The minimum absolute atomic E-state index is 0.219. The van der Waals surface area contributed by atoms with E-state index < -0.39 is 5.60 Å². The van der Waals surface area contributed by atoms with E-state index in [-0.39, 0.29) is 6.04 Å². The van der Waals surface area contributed by atoms with E-state index in [0.29, 0.717) is 36.5 Å². The lowest BCUT2D eigenvalue weighted by molar-refractivity contribution is -0.0516. The van der Waals surface area contributed by atoms with Gasteiger partial charge in [-0.1, -0.05) is 12.1 Å². The van der Waals surface area contributed by atoms with Crippen molar-refractivity contribution < 1.29 is 9.84 Å². The molecule has 2 aromatic heterocycles. The predicted octanol–water partition coefficient (Wildman–Crippen LogP) is 1.12. The molecule has 1 fully saturated rings. The molecule has 1 saturated heterocycles. The summed E-state index contributed by atoms with van der Waals surface area (Å²) in [6, 6.07) is 6.00. The third kappa shape index (κ3) is 3.83. The molecule has 30 heavy (non-hydrogen) atoms. The second-order valence-electron chi connectivity index (χ2n) is 8.13. The number of benzene rings is 1. The second-order valence-corrected chi connectivity index (χ2v) is 8.13. The Balaban J connectivity index is 1.62. The summed E-state index contributed by atoms with van der Waals surface area (Å²) in [5.74, 6) is 1.20. The zero-order valence-corrected chi connectivity index (χ0v) is 17.5.